The Morgan fingerprint density at radius 1 is 1.13 bits per heavy atom. The summed E-state index contributed by atoms with van der Waals surface area (Å²) in [4.78, 5) is 12.7. The molecule has 11 heteroatoms. The van der Waals surface area contributed by atoms with Gasteiger partial charge in [-0.1, -0.05) is 32.4 Å². The van der Waals surface area contributed by atoms with Crippen LogP contribution in [0.1, 0.15) is 44.5 Å². The van der Waals surface area contributed by atoms with Crippen LogP contribution in [0.3, 0.4) is 0 Å². The van der Waals surface area contributed by atoms with Crippen molar-refractivity contribution in [1.82, 2.24) is 15.0 Å². The molecule has 2 rings (SSSR count). The van der Waals surface area contributed by atoms with Crippen molar-refractivity contribution in [3.63, 3.8) is 0 Å². The fourth-order valence-electron chi connectivity index (χ4n) is 3.02. The number of rotatable bonds is 10. The van der Waals surface area contributed by atoms with Crippen LogP contribution in [0.25, 0.3) is 0 Å². The molecule has 0 spiro atoms. The fourth-order valence-corrected chi connectivity index (χ4v) is 3.63. The zero-order chi connectivity index (χ0) is 22.5. The number of aliphatic hydroxyl groups is 1. The van der Waals surface area contributed by atoms with Crippen LogP contribution in [0.2, 0.25) is 5.02 Å². The lowest BCUT2D eigenvalue weighted by atomic mass is 9.96. The van der Waals surface area contributed by atoms with Crippen LogP contribution in [0.4, 0.5) is 11.9 Å². The molecule has 30 heavy (non-hydrogen) atoms. The minimum absolute atomic E-state index is 0.103. The van der Waals surface area contributed by atoms with Gasteiger partial charge in [0.2, 0.25) is 21.9 Å². The Bertz CT molecular complexity index is 971. The SMILES string of the molecule is CC(C)CC(CO)Nc1nc(CC(C)c2cc(Cl)ccc2O)nc(NS(C)(=O)=O)n1. The van der Waals surface area contributed by atoms with E-state index in [-0.39, 0.29) is 36.2 Å². The topological polar surface area (TPSA) is 137 Å². The molecule has 2 unspecified atom stereocenters. The molecule has 166 valence electrons. The summed E-state index contributed by atoms with van der Waals surface area (Å²) in [6, 6.07) is 4.49. The smallest absolute Gasteiger partial charge is 0.241 e. The Hall–Kier alpha value is -2.17. The molecule has 2 atom stereocenters. The van der Waals surface area contributed by atoms with E-state index >= 15 is 0 Å². The van der Waals surface area contributed by atoms with Crippen LogP contribution in [-0.2, 0) is 16.4 Å². The number of nitrogens with zero attached hydrogens (tertiary/aromatic N) is 3. The highest BCUT2D eigenvalue weighted by Crippen LogP contribution is 2.30. The second-order valence-electron chi connectivity index (χ2n) is 7.73. The summed E-state index contributed by atoms with van der Waals surface area (Å²) in [6.45, 7) is 5.81. The second-order valence-corrected chi connectivity index (χ2v) is 9.92. The summed E-state index contributed by atoms with van der Waals surface area (Å²) in [5, 5.41) is 23.3. The number of phenolic OH excluding ortho intramolecular Hbond substituents is 1. The highest BCUT2D eigenvalue weighted by Gasteiger charge is 2.18. The third kappa shape index (κ3) is 7.58. The van der Waals surface area contributed by atoms with Gasteiger partial charge >= 0.3 is 0 Å². The molecule has 1 aromatic heterocycles. The van der Waals surface area contributed by atoms with E-state index in [9.17, 15) is 18.6 Å². The third-order valence-electron chi connectivity index (χ3n) is 4.28. The van der Waals surface area contributed by atoms with Gasteiger partial charge in [0.1, 0.15) is 11.6 Å². The van der Waals surface area contributed by atoms with E-state index in [2.05, 4.69) is 25.0 Å². The number of benzene rings is 1. The van der Waals surface area contributed by atoms with Gasteiger partial charge in [0.15, 0.2) is 0 Å². The van der Waals surface area contributed by atoms with Gasteiger partial charge in [-0.05, 0) is 42.0 Å². The molecule has 0 aliphatic heterocycles. The molecular formula is C19H28ClN5O4S. The molecule has 0 amide bonds. The number of aromatic nitrogens is 3. The van der Waals surface area contributed by atoms with Gasteiger partial charge in [-0.15, -0.1) is 0 Å². The number of aromatic hydroxyl groups is 1. The lowest BCUT2D eigenvalue weighted by molar-refractivity contribution is 0.259. The Labute approximate surface area is 182 Å². The fraction of sp³-hybridized carbons (Fsp3) is 0.526. The third-order valence-corrected chi connectivity index (χ3v) is 5.07. The lowest BCUT2D eigenvalue weighted by Gasteiger charge is -2.19. The van der Waals surface area contributed by atoms with Crippen LogP contribution >= 0.6 is 11.6 Å². The maximum absolute atomic E-state index is 11.7. The maximum Gasteiger partial charge on any atom is 0.241 e. The minimum atomic E-state index is -3.59. The van der Waals surface area contributed by atoms with Gasteiger partial charge in [-0.3, -0.25) is 4.72 Å². The second kappa shape index (κ2) is 10.2. The van der Waals surface area contributed by atoms with Crippen LogP contribution in [0, 0.1) is 5.92 Å². The summed E-state index contributed by atoms with van der Waals surface area (Å²) in [7, 11) is -3.59. The zero-order valence-electron chi connectivity index (χ0n) is 17.4. The number of phenols is 1. The van der Waals surface area contributed by atoms with Gasteiger partial charge < -0.3 is 15.5 Å². The molecule has 0 bridgehead atoms. The first kappa shape index (κ1) is 24.1. The molecule has 1 heterocycles. The molecule has 0 fully saturated rings. The van der Waals surface area contributed by atoms with Gasteiger partial charge in [0.05, 0.1) is 18.9 Å². The zero-order valence-corrected chi connectivity index (χ0v) is 19.0. The van der Waals surface area contributed by atoms with Crippen molar-refractivity contribution in [1.29, 1.82) is 0 Å². The molecular weight excluding hydrogens is 430 g/mol. The average molecular weight is 458 g/mol. The van der Waals surface area contributed by atoms with Gasteiger partial charge in [-0.2, -0.15) is 15.0 Å². The van der Waals surface area contributed by atoms with Crippen molar-refractivity contribution in [2.75, 3.05) is 22.9 Å². The summed E-state index contributed by atoms with van der Waals surface area (Å²) in [5.74, 6) is 0.602. The van der Waals surface area contributed by atoms with Crippen LogP contribution in [0.15, 0.2) is 18.2 Å². The molecule has 2 aromatic rings. The molecule has 9 nitrogen and oxygen atoms in total. The summed E-state index contributed by atoms with van der Waals surface area (Å²) in [6.07, 6.45) is 1.99. The summed E-state index contributed by atoms with van der Waals surface area (Å²) < 4.78 is 25.6. The van der Waals surface area contributed by atoms with Gasteiger partial charge in [-0.25, -0.2) is 8.42 Å². The van der Waals surface area contributed by atoms with Gasteiger partial charge in [0, 0.05) is 11.4 Å². The van der Waals surface area contributed by atoms with E-state index in [1.54, 1.807) is 12.1 Å². The largest absolute Gasteiger partial charge is 0.508 e. The molecule has 0 aliphatic carbocycles. The predicted molar refractivity (Wildman–Crippen MR) is 117 cm³/mol. The predicted octanol–water partition coefficient (Wildman–Crippen LogP) is 2.77. The number of hydrogen-bond donors (Lipinski definition) is 4. The van der Waals surface area contributed by atoms with Crippen LogP contribution in [0.5, 0.6) is 5.75 Å². The van der Waals surface area contributed by atoms with E-state index in [1.165, 1.54) is 6.07 Å². The van der Waals surface area contributed by atoms with E-state index in [0.717, 1.165) is 6.26 Å². The molecule has 0 saturated heterocycles. The molecule has 1 aromatic carbocycles. The maximum atomic E-state index is 11.7. The lowest BCUT2D eigenvalue weighted by Crippen LogP contribution is -2.27. The minimum Gasteiger partial charge on any atom is -0.508 e. The number of nitrogens with one attached hydrogen (secondary N) is 2. The van der Waals surface area contributed by atoms with E-state index in [1.807, 2.05) is 20.8 Å². The van der Waals surface area contributed by atoms with Crippen LogP contribution < -0.4 is 10.0 Å². The monoisotopic (exact) mass is 457 g/mol. The van der Waals surface area contributed by atoms with E-state index in [4.69, 9.17) is 11.6 Å². The standard InChI is InChI=1S/C19H28ClN5O4S/c1-11(2)7-14(10-26)21-18-22-17(23-19(24-18)25-30(4,28)29)8-12(3)15-9-13(20)5-6-16(15)27/h5-6,9,11-12,14,26-27H,7-8,10H2,1-4H3,(H2,21,22,23,24,25). The molecule has 0 saturated carbocycles. The number of sulfonamides is 1. The molecule has 4 N–H and O–H groups in total. The van der Waals surface area contributed by atoms with Crippen molar-refractivity contribution >= 4 is 33.5 Å². The van der Waals surface area contributed by atoms with Crippen LogP contribution in [-0.4, -0.2) is 52.5 Å². The Morgan fingerprint density at radius 2 is 1.80 bits per heavy atom. The Kier molecular flexibility index (Phi) is 8.22. The number of hydrogen-bond acceptors (Lipinski definition) is 8. The highest BCUT2D eigenvalue weighted by molar-refractivity contribution is 7.91. The van der Waals surface area contributed by atoms with E-state index < -0.39 is 10.0 Å². The van der Waals surface area contributed by atoms with Gasteiger partial charge in [0.25, 0.3) is 0 Å². The Balaban J connectivity index is 2.34. The number of anilines is 2. The van der Waals surface area contributed by atoms with Crippen molar-refractivity contribution in [3.05, 3.63) is 34.6 Å². The summed E-state index contributed by atoms with van der Waals surface area (Å²) >= 11 is 6.04. The van der Waals surface area contributed by atoms with Crippen molar-refractivity contribution in [3.8, 4) is 5.75 Å². The first-order valence-corrected chi connectivity index (χ1v) is 11.8. The van der Waals surface area contributed by atoms with Crippen molar-refractivity contribution in [2.45, 2.75) is 45.6 Å². The number of halogens is 1. The molecule has 0 aliphatic rings. The Morgan fingerprint density at radius 3 is 2.40 bits per heavy atom. The summed E-state index contributed by atoms with van der Waals surface area (Å²) in [5.41, 5.74) is 0.628. The first-order valence-electron chi connectivity index (χ1n) is 9.55. The average Bonchev–Trinajstić information content (AvgIpc) is 2.61. The quantitative estimate of drug-likeness (QED) is 0.427. The van der Waals surface area contributed by atoms with E-state index in [0.29, 0.717) is 35.2 Å². The normalized spacial score (nSPS) is 13.8. The first-order chi connectivity index (χ1) is 14.0. The van der Waals surface area contributed by atoms with Crippen molar-refractivity contribution in [2.24, 2.45) is 5.92 Å². The molecule has 0 radical (unpaired) electrons. The number of aliphatic hydroxyl groups excluding tert-OH is 1. The van der Waals surface area contributed by atoms with Crippen molar-refractivity contribution < 1.29 is 18.6 Å². The highest BCUT2D eigenvalue weighted by atomic mass is 35.5.